The van der Waals surface area contributed by atoms with Crippen LogP contribution in [-0.2, 0) is 20.6 Å². The van der Waals surface area contributed by atoms with E-state index >= 15 is 0 Å². The van der Waals surface area contributed by atoms with Crippen LogP contribution in [0.2, 0.25) is 5.02 Å². The van der Waals surface area contributed by atoms with Gasteiger partial charge in [0.15, 0.2) is 0 Å². The van der Waals surface area contributed by atoms with Crippen molar-refractivity contribution < 1.29 is 17.9 Å². The van der Waals surface area contributed by atoms with E-state index in [1.165, 1.54) is 30.9 Å². The molecule has 34 heavy (non-hydrogen) atoms. The Balaban J connectivity index is 1.74. The Morgan fingerprint density at radius 2 is 1.76 bits per heavy atom. The van der Waals surface area contributed by atoms with Gasteiger partial charge >= 0.3 is 0 Å². The summed E-state index contributed by atoms with van der Waals surface area (Å²) in [5.41, 5.74) is 2.34. The number of rotatable bonds is 11. The topological polar surface area (TPSA) is 75.7 Å². The molecule has 1 amide bonds. The van der Waals surface area contributed by atoms with Crippen LogP contribution in [0.1, 0.15) is 11.1 Å². The molecule has 0 fully saturated rings. The molecule has 3 aromatic rings. The van der Waals surface area contributed by atoms with Crippen molar-refractivity contribution >= 4 is 45.0 Å². The second-order valence-electron chi connectivity index (χ2n) is 7.53. The predicted molar refractivity (Wildman–Crippen MR) is 139 cm³/mol. The lowest BCUT2D eigenvalue weighted by Gasteiger charge is -2.26. The Kier molecular flexibility index (Phi) is 9.27. The fraction of sp³-hybridized carbons (Fsp3) is 0.240. The van der Waals surface area contributed by atoms with Gasteiger partial charge in [-0.2, -0.15) is 11.8 Å². The van der Waals surface area contributed by atoms with E-state index in [1.54, 1.807) is 36.0 Å². The Morgan fingerprint density at radius 1 is 1.06 bits per heavy atom. The van der Waals surface area contributed by atoms with Crippen molar-refractivity contribution in [3.05, 3.63) is 88.9 Å². The van der Waals surface area contributed by atoms with Gasteiger partial charge in [0.2, 0.25) is 5.91 Å². The van der Waals surface area contributed by atoms with Gasteiger partial charge in [-0.1, -0.05) is 59.6 Å². The van der Waals surface area contributed by atoms with E-state index in [1.807, 2.05) is 25.1 Å². The van der Waals surface area contributed by atoms with E-state index in [0.29, 0.717) is 23.1 Å². The minimum atomic E-state index is -4.06. The zero-order valence-electron chi connectivity index (χ0n) is 19.0. The fourth-order valence-corrected chi connectivity index (χ4v) is 5.62. The fourth-order valence-electron chi connectivity index (χ4n) is 3.21. The number of methoxy groups -OCH3 is 1. The molecule has 6 nitrogen and oxygen atoms in total. The molecule has 180 valence electrons. The number of hydrogen-bond acceptors (Lipinski definition) is 5. The highest BCUT2D eigenvalue weighted by Crippen LogP contribution is 2.34. The molecule has 0 aliphatic heterocycles. The van der Waals surface area contributed by atoms with E-state index in [9.17, 15) is 13.2 Å². The number of hydrogen-bond donors (Lipinski definition) is 1. The van der Waals surface area contributed by atoms with E-state index in [0.717, 1.165) is 15.6 Å². The molecule has 0 radical (unpaired) electrons. The maximum atomic E-state index is 13.5. The summed E-state index contributed by atoms with van der Waals surface area (Å²) < 4.78 is 33.5. The lowest BCUT2D eigenvalue weighted by Crippen LogP contribution is -2.41. The third-order valence-electron chi connectivity index (χ3n) is 4.99. The first-order valence-electron chi connectivity index (χ1n) is 10.6. The van der Waals surface area contributed by atoms with Crippen molar-refractivity contribution in [3.63, 3.8) is 0 Å². The van der Waals surface area contributed by atoms with E-state index in [2.05, 4.69) is 17.4 Å². The summed E-state index contributed by atoms with van der Waals surface area (Å²) in [6, 6.07) is 21.2. The van der Waals surface area contributed by atoms with Gasteiger partial charge in [0.1, 0.15) is 12.3 Å². The van der Waals surface area contributed by atoms with Crippen LogP contribution in [0.3, 0.4) is 0 Å². The Bertz CT molecular complexity index is 1200. The Morgan fingerprint density at radius 3 is 2.44 bits per heavy atom. The summed E-state index contributed by atoms with van der Waals surface area (Å²) in [5, 5.41) is 3.15. The summed E-state index contributed by atoms with van der Waals surface area (Å²) in [6.07, 6.45) is 0. The molecule has 0 unspecified atom stereocenters. The van der Waals surface area contributed by atoms with Gasteiger partial charge in [0.25, 0.3) is 10.0 Å². The molecule has 0 saturated heterocycles. The Labute approximate surface area is 210 Å². The summed E-state index contributed by atoms with van der Waals surface area (Å²) in [6.45, 7) is 1.88. The molecule has 0 aliphatic carbocycles. The van der Waals surface area contributed by atoms with Gasteiger partial charge in [-0.05, 0) is 42.8 Å². The normalized spacial score (nSPS) is 11.1. The monoisotopic (exact) mass is 518 g/mol. The van der Waals surface area contributed by atoms with Crippen LogP contribution in [0.15, 0.2) is 77.7 Å². The highest BCUT2D eigenvalue weighted by molar-refractivity contribution is 7.98. The number of thioether (sulfide) groups is 1. The zero-order chi connectivity index (χ0) is 24.6. The molecule has 0 saturated carbocycles. The number of halogens is 1. The maximum Gasteiger partial charge on any atom is 0.264 e. The number of nitrogens with one attached hydrogen (secondary N) is 1. The average molecular weight is 519 g/mol. The summed E-state index contributed by atoms with van der Waals surface area (Å²) in [5.74, 6) is 1.42. The largest absolute Gasteiger partial charge is 0.495 e. The molecule has 0 heterocycles. The lowest BCUT2D eigenvalue weighted by atomic mass is 10.2. The first-order valence-corrected chi connectivity index (χ1v) is 13.6. The highest BCUT2D eigenvalue weighted by atomic mass is 35.5. The molecular formula is C25H27ClN2O4S2. The smallest absolute Gasteiger partial charge is 0.264 e. The van der Waals surface area contributed by atoms with Crippen LogP contribution in [0.4, 0.5) is 5.69 Å². The number of carbonyl (C=O) groups is 1. The molecule has 3 aromatic carbocycles. The van der Waals surface area contributed by atoms with Crippen molar-refractivity contribution in [2.75, 3.05) is 30.3 Å². The van der Waals surface area contributed by atoms with Crippen LogP contribution in [-0.4, -0.2) is 40.3 Å². The van der Waals surface area contributed by atoms with Crippen molar-refractivity contribution in [1.82, 2.24) is 5.32 Å². The van der Waals surface area contributed by atoms with Gasteiger partial charge in [0, 0.05) is 23.1 Å². The lowest BCUT2D eigenvalue weighted by molar-refractivity contribution is -0.119. The molecule has 0 aromatic heterocycles. The second-order valence-corrected chi connectivity index (χ2v) is 10.9. The minimum Gasteiger partial charge on any atom is -0.495 e. The molecular weight excluding hydrogens is 492 g/mol. The quantitative estimate of drug-likeness (QED) is 0.365. The number of sulfonamides is 1. The average Bonchev–Trinajstić information content (AvgIpc) is 2.83. The van der Waals surface area contributed by atoms with Gasteiger partial charge in [-0.15, -0.1) is 0 Å². The van der Waals surface area contributed by atoms with Gasteiger partial charge in [0.05, 0.1) is 17.7 Å². The molecule has 0 atom stereocenters. The number of benzene rings is 3. The van der Waals surface area contributed by atoms with Crippen molar-refractivity contribution in [2.24, 2.45) is 0 Å². The van der Waals surface area contributed by atoms with E-state index in [-0.39, 0.29) is 10.6 Å². The standard InChI is InChI=1S/C25H27ClN2O4S2/c1-19-8-11-22(12-9-19)34(30,31)28(23-16-21(26)10-13-24(23)32-2)17-25(29)27-14-15-33-18-20-6-4-3-5-7-20/h3-13,16H,14-15,17-18H2,1-2H3,(H,27,29). The summed E-state index contributed by atoms with van der Waals surface area (Å²) in [7, 11) is -2.62. The maximum absolute atomic E-state index is 13.5. The first-order chi connectivity index (χ1) is 16.3. The highest BCUT2D eigenvalue weighted by Gasteiger charge is 2.29. The van der Waals surface area contributed by atoms with Crippen LogP contribution in [0, 0.1) is 6.92 Å². The zero-order valence-corrected chi connectivity index (χ0v) is 21.4. The summed E-state index contributed by atoms with van der Waals surface area (Å²) in [4.78, 5) is 12.9. The molecule has 3 rings (SSSR count). The van der Waals surface area contributed by atoms with E-state index in [4.69, 9.17) is 16.3 Å². The van der Waals surface area contributed by atoms with Crippen molar-refractivity contribution in [1.29, 1.82) is 0 Å². The SMILES string of the molecule is COc1ccc(Cl)cc1N(CC(=O)NCCSCc1ccccc1)S(=O)(=O)c1ccc(C)cc1. The van der Waals surface area contributed by atoms with Gasteiger partial charge < -0.3 is 10.1 Å². The molecule has 0 bridgehead atoms. The van der Waals surface area contributed by atoms with Crippen LogP contribution in [0.5, 0.6) is 5.75 Å². The third kappa shape index (κ3) is 6.91. The number of anilines is 1. The van der Waals surface area contributed by atoms with Gasteiger partial charge in [-0.25, -0.2) is 8.42 Å². The number of ether oxygens (including phenoxy) is 1. The number of aryl methyl sites for hydroxylation is 1. The van der Waals surface area contributed by atoms with Crippen molar-refractivity contribution in [2.45, 2.75) is 17.6 Å². The third-order valence-corrected chi connectivity index (χ3v) is 8.03. The predicted octanol–water partition coefficient (Wildman–Crippen LogP) is 4.90. The minimum absolute atomic E-state index is 0.0753. The molecule has 0 spiro atoms. The number of nitrogens with zero attached hydrogens (tertiary/aromatic N) is 1. The number of amides is 1. The van der Waals surface area contributed by atoms with Gasteiger partial charge in [-0.3, -0.25) is 9.10 Å². The van der Waals surface area contributed by atoms with Crippen LogP contribution in [0.25, 0.3) is 0 Å². The van der Waals surface area contributed by atoms with Crippen molar-refractivity contribution in [3.8, 4) is 5.75 Å². The van der Waals surface area contributed by atoms with Crippen LogP contribution < -0.4 is 14.4 Å². The summed E-state index contributed by atoms with van der Waals surface area (Å²) >= 11 is 7.85. The second kappa shape index (κ2) is 12.1. The molecule has 9 heteroatoms. The van der Waals surface area contributed by atoms with Crippen LogP contribution >= 0.6 is 23.4 Å². The molecule has 1 N–H and O–H groups in total. The number of carbonyl (C=O) groups excluding carboxylic acids is 1. The van der Waals surface area contributed by atoms with E-state index < -0.39 is 22.5 Å². The Hall–Kier alpha value is -2.68. The molecule has 0 aliphatic rings. The first kappa shape index (κ1) is 25.9.